The molecule has 0 aliphatic heterocycles. The summed E-state index contributed by atoms with van der Waals surface area (Å²) in [6.45, 7) is 6.35. The van der Waals surface area contributed by atoms with Crippen molar-refractivity contribution in [1.82, 2.24) is 10.2 Å². The molecule has 176 valence electrons. The Labute approximate surface area is 192 Å². The summed E-state index contributed by atoms with van der Waals surface area (Å²) >= 11 is 0. The van der Waals surface area contributed by atoms with Gasteiger partial charge in [-0.15, -0.1) is 0 Å². The molecule has 0 spiro atoms. The molecule has 6 nitrogen and oxygen atoms in total. The van der Waals surface area contributed by atoms with Gasteiger partial charge in [0.2, 0.25) is 11.8 Å². The highest BCUT2D eigenvalue weighted by atomic mass is 16.5. The number of hydrogen-bond donors (Lipinski definition) is 1. The van der Waals surface area contributed by atoms with Gasteiger partial charge in [0.15, 0.2) is 11.5 Å². The van der Waals surface area contributed by atoms with E-state index in [-0.39, 0.29) is 29.3 Å². The van der Waals surface area contributed by atoms with E-state index < -0.39 is 0 Å². The molecule has 4 fully saturated rings. The summed E-state index contributed by atoms with van der Waals surface area (Å²) in [7, 11) is 3.22. The third-order valence-corrected chi connectivity index (χ3v) is 7.45. The molecule has 6 heteroatoms. The highest BCUT2D eigenvalue weighted by Crippen LogP contribution is 2.60. The zero-order valence-electron chi connectivity index (χ0n) is 20.2. The topological polar surface area (TPSA) is 67.9 Å². The highest BCUT2D eigenvalue weighted by Gasteiger charge is 2.55. The number of carbonyl (C=O) groups is 2. The lowest BCUT2D eigenvalue weighted by molar-refractivity contribution is -0.160. The minimum atomic E-state index is -0.337. The van der Waals surface area contributed by atoms with Crippen molar-refractivity contribution < 1.29 is 19.1 Å². The lowest BCUT2D eigenvalue weighted by Gasteiger charge is -2.56. The van der Waals surface area contributed by atoms with E-state index in [2.05, 4.69) is 5.32 Å². The van der Waals surface area contributed by atoms with E-state index in [1.165, 1.54) is 19.3 Å². The van der Waals surface area contributed by atoms with Crippen molar-refractivity contribution in [2.75, 3.05) is 20.8 Å². The summed E-state index contributed by atoms with van der Waals surface area (Å²) in [5, 5.41) is 3.03. The van der Waals surface area contributed by atoms with E-state index in [1.54, 1.807) is 19.1 Å². The summed E-state index contributed by atoms with van der Waals surface area (Å²) in [6.07, 6.45) is 6.82. The smallest absolute Gasteiger partial charge is 0.240 e. The molecule has 32 heavy (non-hydrogen) atoms. The summed E-state index contributed by atoms with van der Waals surface area (Å²) in [5.74, 6) is 3.36. The molecule has 0 heterocycles. The molecule has 0 unspecified atom stereocenters. The first-order chi connectivity index (χ1) is 15.1. The van der Waals surface area contributed by atoms with Gasteiger partial charge in [0.05, 0.1) is 26.2 Å². The lowest BCUT2D eigenvalue weighted by Crippen LogP contribution is -2.56. The van der Waals surface area contributed by atoms with Gasteiger partial charge in [0, 0.05) is 12.1 Å². The maximum absolute atomic E-state index is 14.1. The quantitative estimate of drug-likeness (QED) is 0.688. The minimum Gasteiger partial charge on any atom is -0.493 e. The zero-order valence-corrected chi connectivity index (χ0v) is 20.2. The van der Waals surface area contributed by atoms with E-state index in [1.807, 2.05) is 39.0 Å². The number of hydrogen-bond acceptors (Lipinski definition) is 4. The summed E-state index contributed by atoms with van der Waals surface area (Å²) < 4.78 is 10.8. The number of nitrogens with zero attached hydrogens (tertiary/aromatic N) is 1. The molecule has 2 amide bonds. The molecular weight excluding hydrogens is 404 g/mol. The first-order valence-electron chi connectivity index (χ1n) is 11.9. The Kier molecular flexibility index (Phi) is 6.17. The van der Waals surface area contributed by atoms with Crippen molar-refractivity contribution in [3.63, 3.8) is 0 Å². The highest BCUT2D eigenvalue weighted by molar-refractivity contribution is 5.88. The van der Waals surface area contributed by atoms with Gasteiger partial charge in [-0.2, -0.15) is 0 Å². The van der Waals surface area contributed by atoms with Crippen LogP contribution in [0.1, 0.15) is 64.9 Å². The third-order valence-electron chi connectivity index (χ3n) is 7.45. The second kappa shape index (κ2) is 8.60. The average molecular weight is 443 g/mol. The van der Waals surface area contributed by atoms with Crippen molar-refractivity contribution in [3.8, 4) is 11.5 Å². The Morgan fingerprint density at radius 1 is 1.00 bits per heavy atom. The minimum absolute atomic E-state index is 0.0756. The Bertz CT molecular complexity index is 838. The van der Waals surface area contributed by atoms with Gasteiger partial charge in [-0.1, -0.05) is 6.07 Å². The van der Waals surface area contributed by atoms with E-state index in [4.69, 9.17) is 9.47 Å². The van der Waals surface area contributed by atoms with Crippen LogP contribution in [0, 0.1) is 23.2 Å². The number of methoxy groups -OCH3 is 2. The Morgan fingerprint density at radius 2 is 1.56 bits per heavy atom. The van der Waals surface area contributed by atoms with Crippen molar-refractivity contribution >= 4 is 11.8 Å². The van der Waals surface area contributed by atoms with Gasteiger partial charge >= 0.3 is 0 Å². The molecule has 4 saturated carbocycles. The number of rotatable bonds is 7. The van der Waals surface area contributed by atoms with Crippen LogP contribution < -0.4 is 14.8 Å². The predicted octanol–water partition coefficient (Wildman–Crippen LogP) is 4.16. The van der Waals surface area contributed by atoms with E-state index >= 15 is 0 Å². The van der Waals surface area contributed by atoms with Crippen molar-refractivity contribution in [2.24, 2.45) is 23.2 Å². The number of benzene rings is 1. The van der Waals surface area contributed by atoms with Crippen LogP contribution in [-0.4, -0.2) is 43.0 Å². The SMILES string of the molecule is COc1ccc(CN(CC(=O)NC(C)(C)C)C(=O)C23CC4CC(CC(C4)C2)C3)cc1OC. The van der Waals surface area contributed by atoms with Crippen molar-refractivity contribution in [3.05, 3.63) is 23.8 Å². The van der Waals surface area contributed by atoms with Crippen LogP contribution >= 0.6 is 0 Å². The summed E-state index contributed by atoms with van der Waals surface area (Å²) in [6, 6.07) is 5.71. The molecule has 5 rings (SSSR count). The lowest BCUT2D eigenvalue weighted by atomic mass is 9.49. The summed E-state index contributed by atoms with van der Waals surface area (Å²) in [5.41, 5.74) is 0.313. The van der Waals surface area contributed by atoms with Gasteiger partial charge in [-0.3, -0.25) is 9.59 Å². The molecule has 1 aromatic rings. The van der Waals surface area contributed by atoms with Gasteiger partial charge in [-0.25, -0.2) is 0 Å². The fourth-order valence-electron chi connectivity index (χ4n) is 6.74. The van der Waals surface area contributed by atoms with Crippen LogP contribution in [0.3, 0.4) is 0 Å². The standard InChI is InChI=1S/C26H38N2O4/c1-25(2,3)27-23(29)16-28(15-17-6-7-21(31-4)22(11-17)32-5)24(30)26-12-18-8-19(13-26)10-20(9-18)14-26/h6-7,11,18-20H,8-10,12-16H2,1-5H3,(H,27,29). The van der Waals surface area contributed by atoms with Crippen LogP contribution in [0.4, 0.5) is 0 Å². The third kappa shape index (κ3) is 4.74. The number of ether oxygens (including phenoxy) is 2. The van der Waals surface area contributed by atoms with Crippen molar-refractivity contribution in [2.45, 2.75) is 71.4 Å². The molecule has 1 N–H and O–H groups in total. The van der Waals surface area contributed by atoms with Gasteiger partial charge in [-0.05, 0) is 94.7 Å². The van der Waals surface area contributed by atoms with Crippen LogP contribution in [-0.2, 0) is 16.1 Å². The molecule has 0 aromatic heterocycles. The fourth-order valence-corrected chi connectivity index (χ4v) is 6.74. The van der Waals surface area contributed by atoms with Gasteiger partial charge in [0.1, 0.15) is 0 Å². The summed E-state index contributed by atoms with van der Waals surface area (Å²) in [4.78, 5) is 28.7. The molecule has 4 aliphatic carbocycles. The molecule has 0 radical (unpaired) electrons. The first-order valence-corrected chi connectivity index (χ1v) is 11.9. The molecular formula is C26H38N2O4. The monoisotopic (exact) mass is 442 g/mol. The van der Waals surface area contributed by atoms with E-state index in [0.717, 1.165) is 24.8 Å². The second-order valence-electron chi connectivity index (χ2n) is 11.3. The van der Waals surface area contributed by atoms with Gasteiger partial charge < -0.3 is 19.7 Å². The maximum atomic E-state index is 14.1. The molecule has 4 bridgehead atoms. The predicted molar refractivity (Wildman–Crippen MR) is 123 cm³/mol. The molecule has 1 aromatic carbocycles. The zero-order chi connectivity index (χ0) is 23.1. The average Bonchev–Trinajstić information content (AvgIpc) is 2.70. The maximum Gasteiger partial charge on any atom is 0.240 e. The largest absolute Gasteiger partial charge is 0.493 e. The molecule has 0 saturated heterocycles. The normalized spacial score (nSPS) is 28.3. The number of nitrogens with one attached hydrogen (secondary N) is 1. The van der Waals surface area contributed by atoms with Crippen LogP contribution in [0.25, 0.3) is 0 Å². The Morgan fingerprint density at radius 3 is 2.06 bits per heavy atom. The van der Waals surface area contributed by atoms with Crippen LogP contribution in [0.15, 0.2) is 18.2 Å². The van der Waals surface area contributed by atoms with E-state index in [9.17, 15) is 9.59 Å². The molecule has 0 atom stereocenters. The second-order valence-corrected chi connectivity index (χ2v) is 11.3. The Hall–Kier alpha value is -2.24. The van der Waals surface area contributed by atoms with Crippen molar-refractivity contribution in [1.29, 1.82) is 0 Å². The molecule has 4 aliphatic rings. The van der Waals surface area contributed by atoms with E-state index in [0.29, 0.717) is 35.8 Å². The fraction of sp³-hybridized carbons (Fsp3) is 0.692. The van der Waals surface area contributed by atoms with Gasteiger partial charge in [0.25, 0.3) is 0 Å². The van der Waals surface area contributed by atoms with Crippen LogP contribution in [0.2, 0.25) is 0 Å². The number of amides is 2. The number of carbonyl (C=O) groups excluding carboxylic acids is 2. The first kappa shape index (κ1) is 22.9. The van der Waals surface area contributed by atoms with Crippen LogP contribution in [0.5, 0.6) is 11.5 Å². The Balaban J connectivity index is 1.59.